The van der Waals surface area contributed by atoms with E-state index in [1.54, 1.807) is 24.3 Å². The number of hydrogen-bond acceptors (Lipinski definition) is 5. The molecule has 3 aliphatic rings. The lowest BCUT2D eigenvalue weighted by molar-refractivity contribution is -0.139. The van der Waals surface area contributed by atoms with E-state index in [-0.39, 0.29) is 25.5 Å². The van der Waals surface area contributed by atoms with Gasteiger partial charge in [-0.25, -0.2) is 4.79 Å². The monoisotopic (exact) mass is 386 g/mol. The van der Waals surface area contributed by atoms with E-state index in [0.717, 1.165) is 24.3 Å². The van der Waals surface area contributed by atoms with E-state index in [9.17, 15) is 19.2 Å². The molecule has 9 nitrogen and oxygen atoms in total. The summed E-state index contributed by atoms with van der Waals surface area (Å²) in [5, 5.41) is 3.48. The number of fused-ring (bicyclic) bond motifs is 1. The molecule has 28 heavy (non-hydrogen) atoms. The number of rotatable bonds is 3. The Kier molecular flexibility index (Phi) is 4.66. The maximum atomic E-state index is 12.8. The van der Waals surface area contributed by atoms with Crippen molar-refractivity contribution in [2.75, 3.05) is 18.1 Å². The molecule has 2 fully saturated rings. The second kappa shape index (κ2) is 7.14. The summed E-state index contributed by atoms with van der Waals surface area (Å²) in [4.78, 5) is 51.4. The summed E-state index contributed by atoms with van der Waals surface area (Å²) >= 11 is 0. The van der Waals surface area contributed by atoms with E-state index < -0.39 is 23.4 Å². The lowest BCUT2D eigenvalue weighted by atomic mass is 9.82. The van der Waals surface area contributed by atoms with E-state index in [0.29, 0.717) is 24.3 Å². The van der Waals surface area contributed by atoms with Crippen LogP contribution in [0.4, 0.5) is 10.5 Å². The highest BCUT2D eigenvalue weighted by molar-refractivity contribution is 6.08. The molecule has 2 N–H and O–H groups in total. The molecule has 0 atom stereocenters. The van der Waals surface area contributed by atoms with Crippen molar-refractivity contribution in [3.8, 4) is 5.75 Å². The highest BCUT2D eigenvalue weighted by Crippen LogP contribution is 2.33. The summed E-state index contributed by atoms with van der Waals surface area (Å²) in [6, 6.07) is 6.31. The summed E-state index contributed by atoms with van der Waals surface area (Å²) in [5.74, 6) is -0.809. The van der Waals surface area contributed by atoms with E-state index in [4.69, 9.17) is 4.74 Å². The molecule has 0 aromatic heterocycles. The Bertz CT molecular complexity index is 833. The number of imide groups is 1. The first-order valence-electron chi connectivity index (χ1n) is 9.49. The fourth-order valence-corrected chi connectivity index (χ4v) is 4.01. The van der Waals surface area contributed by atoms with Crippen molar-refractivity contribution in [2.45, 2.75) is 44.1 Å². The van der Waals surface area contributed by atoms with Crippen LogP contribution in [0.2, 0.25) is 0 Å². The van der Waals surface area contributed by atoms with Crippen LogP contribution in [0.1, 0.15) is 38.5 Å². The SMILES string of the molecule is O=C(CN1C(=O)CCOc2ccccc21)NN1C(=O)NC2(CCCCC2)C1=O. The minimum Gasteiger partial charge on any atom is -0.491 e. The number of carbonyl (C=O) groups excluding carboxylic acids is 4. The number of amides is 5. The molecule has 0 unspecified atom stereocenters. The van der Waals surface area contributed by atoms with Gasteiger partial charge in [-0.15, -0.1) is 0 Å². The number of carbonyl (C=O) groups is 4. The molecule has 0 radical (unpaired) electrons. The van der Waals surface area contributed by atoms with Gasteiger partial charge in [-0.1, -0.05) is 31.4 Å². The Morgan fingerprint density at radius 1 is 1.14 bits per heavy atom. The Balaban J connectivity index is 1.48. The van der Waals surface area contributed by atoms with Gasteiger partial charge in [0, 0.05) is 0 Å². The van der Waals surface area contributed by atoms with Crippen LogP contribution in [0, 0.1) is 0 Å². The number of nitrogens with one attached hydrogen (secondary N) is 2. The van der Waals surface area contributed by atoms with Crippen LogP contribution in [0.15, 0.2) is 24.3 Å². The predicted molar refractivity (Wildman–Crippen MR) is 98.2 cm³/mol. The first-order chi connectivity index (χ1) is 13.5. The molecular weight excluding hydrogens is 364 g/mol. The Morgan fingerprint density at radius 3 is 2.68 bits per heavy atom. The fraction of sp³-hybridized carbons (Fsp3) is 0.474. The smallest absolute Gasteiger partial charge is 0.344 e. The van der Waals surface area contributed by atoms with E-state index in [2.05, 4.69) is 10.7 Å². The van der Waals surface area contributed by atoms with Crippen molar-refractivity contribution in [1.82, 2.24) is 15.8 Å². The highest BCUT2D eigenvalue weighted by atomic mass is 16.5. The maximum absolute atomic E-state index is 12.8. The molecule has 1 saturated heterocycles. The fourth-order valence-electron chi connectivity index (χ4n) is 4.01. The third-order valence-electron chi connectivity index (χ3n) is 5.44. The highest BCUT2D eigenvalue weighted by Gasteiger charge is 2.52. The van der Waals surface area contributed by atoms with Crippen LogP contribution in [0.3, 0.4) is 0 Å². The molecule has 1 aliphatic carbocycles. The van der Waals surface area contributed by atoms with Crippen molar-refractivity contribution in [1.29, 1.82) is 0 Å². The number of ether oxygens (including phenoxy) is 1. The molecule has 4 rings (SSSR count). The number of benzene rings is 1. The van der Waals surface area contributed by atoms with Crippen molar-refractivity contribution in [2.24, 2.45) is 0 Å². The molecule has 2 heterocycles. The third-order valence-corrected chi connectivity index (χ3v) is 5.44. The van der Waals surface area contributed by atoms with Gasteiger partial charge >= 0.3 is 6.03 Å². The van der Waals surface area contributed by atoms with Crippen LogP contribution in [0.25, 0.3) is 0 Å². The summed E-state index contributed by atoms with van der Waals surface area (Å²) in [6.07, 6.45) is 4.00. The summed E-state index contributed by atoms with van der Waals surface area (Å²) in [7, 11) is 0. The number of urea groups is 1. The zero-order valence-electron chi connectivity index (χ0n) is 15.4. The van der Waals surface area contributed by atoms with Crippen molar-refractivity contribution in [3.05, 3.63) is 24.3 Å². The minimum absolute atomic E-state index is 0.133. The van der Waals surface area contributed by atoms with Crippen molar-refractivity contribution < 1.29 is 23.9 Å². The van der Waals surface area contributed by atoms with Crippen LogP contribution in [-0.4, -0.2) is 47.5 Å². The van der Waals surface area contributed by atoms with Gasteiger partial charge in [0.1, 0.15) is 17.8 Å². The van der Waals surface area contributed by atoms with E-state index in [1.807, 2.05) is 0 Å². The Labute approximate surface area is 162 Å². The van der Waals surface area contributed by atoms with Gasteiger partial charge in [0.2, 0.25) is 5.91 Å². The van der Waals surface area contributed by atoms with Gasteiger partial charge in [-0.2, -0.15) is 5.01 Å². The van der Waals surface area contributed by atoms with Crippen molar-refractivity contribution >= 4 is 29.4 Å². The zero-order valence-corrected chi connectivity index (χ0v) is 15.4. The second-order valence-electron chi connectivity index (χ2n) is 7.29. The van der Waals surface area contributed by atoms with Gasteiger partial charge in [0.05, 0.1) is 18.7 Å². The molecule has 0 bridgehead atoms. The predicted octanol–water partition coefficient (Wildman–Crippen LogP) is 1.09. The standard InChI is InChI=1S/C19H22N4O5/c24-15(12-22-13-6-2-3-7-14(13)28-11-8-16(22)25)21-23-17(26)19(20-18(23)27)9-4-1-5-10-19/h2-3,6-7H,1,4-5,8-12H2,(H,20,27)(H,21,24). The average Bonchev–Trinajstić information content (AvgIpc) is 2.81. The average molecular weight is 386 g/mol. The number of hydrazine groups is 1. The van der Waals surface area contributed by atoms with Crippen LogP contribution >= 0.6 is 0 Å². The molecule has 1 aromatic rings. The Hall–Kier alpha value is -3.10. The van der Waals surface area contributed by atoms with E-state index in [1.165, 1.54) is 4.90 Å². The summed E-state index contributed by atoms with van der Waals surface area (Å²) in [6.45, 7) is -0.0905. The maximum Gasteiger partial charge on any atom is 0.344 e. The number of hydrogen-bond donors (Lipinski definition) is 2. The largest absolute Gasteiger partial charge is 0.491 e. The normalized spacial score (nSPS) is 21.1. The molecular formula is C19H22N4O5. The van der Waals surface area contributed by atoms with Gasteiger partial charge in [-0.3, -0.25) is 24.7 Å². The molecule has 5 amide bonds. The first kappa shape index (κ1) is 18.3. The lowest BCUT2D eigenvalue weighted by Gasteiger charge is -2.30. The summed E-state index contributed by atoms with van der Waals surface area (Å²) in [5.41, 5.74) is 1.94. The number of para-hydroxylation sites is 2. The van der Waals surface area contributed by atoms with E-state index >= 15 is 0 Å². The Morgan fingerprint density at radius 2 is 1.89 bits per heavy atom. The molecule has 9 heteroatoms. The topological polar surface area (TPSA) is 108 Å². The third kappa shape index (κ3) is 3.17. The molecule has 1 saturated carbocycles. The summed E-state index contributed by atoms with van der Waals surface area (Å²) < 4.78 is 5.55. The van der Waals surface area contributed by atoms with Gasteiger partial charge in [0.15, 0.2) is 0 Å². The van der Waals surface area contributed by atoms with Gasteiger partial charge in [-0.05, 0) is 25.0 Å². The molecule has 1 spiro atoms. The zero-order chi connectivity index (χ0) is 19.7. The molecule has 2 aliphatic heterocycles. The second-order valence-corrected chi connectivity index (χ2v) is 7.29. The van der Waals surface area contributed by atoms with Crippen LogP contribution in [-0.2, 0) is 14.4 Å². The van der Waals surface area contributed by atoms with Crippen LogP contribution in [0.5, 0.6) is 5.75 Å². The van der Waals surface area contributed by atoms with Gasteiger partial charge < -0.3 is 10.1 Å². The van der Waals surface area contributed by atoms with Crippen molar-refractivity contribution in [3.63, 3.8) is 0 Å². The number of nitrogens with zero attached hydrogens (tertiary/aromatic N) is 2. The first-order valence-corrected chi connectivity index (χ1v) is 9.49. The van der Waals surface area contributed by atoms with Crippen LogP contribution < -0.4 is 20.4 Å². The minimum atomic E-state index is -0.915. The lowest BCUT2D eigenvalue weighted by Crippen LogP contribution is -2.53. The van der Waals surface area contributed by atoms with Gasteiger partial charge in [0.25, 0.3) is 11.8 Å². The number of anilines is 1. The molecule has 148 valence electrons. The molecule has 1 aromatic carbocycles. The quantitative estimate of drug-likeness (QED) is 0.756.